The van der Waals surface area contributed by atoms with Crippen molar-refractivity contribution in [1.82, 2.24) is 0 Å². The number of methoxy groups -OCH3 is 1. The summed E-state index contributed by atoms with van der Waals surface area (Å²) in [7, 11) is 1.33. The lowest BCUT2D eigenvalue weighted by atomic mass is 10.2. The van der Waals surface area contributed by atoms with Crippen LogP contribution in [0.2, 0.25) is 10.0 Å². The van der Waals surface area contributed by atoms with Gasteiger partial charge in [0.05, 0.1) is 23.4 Å². The molecule has 0 saturated carbocycles. The lowest BCUT2D eigenvalue weighted by molar-refractivity contribution is -0.115. The van der Waals surface area contributed by atoms with Gasteiger partial charge < -0.3 is 15.4 Å². The normalized spacial score (nSPS) is 10.1. The van der Waals surface area contributed by atoms with Gasteiger partial charge in [0.25, 0.3) is 0 Å². The van der Waals surface area contributed by atoms with Crippen LogP contribution in [0.4, 0.5) is 11.4 Å². The molecule has 0 atom stereocenters. The first kappa shape index (κ1) is 18.1. The smallest absolute Gasteiger partial charge is 0.337 e. The summed E-state index contributed by atoms with van der Waals surface area (Å²) in [5.41, 5.74) is 1.64. The van der Waals surface area contributed by atoms with E-state index < -0.39 is 5.97 Å². The SMILES string of the molecule is COC(=O)c1cccc(NCCC(=O)Nc2cc(Cl)ccc2Cl)c1. The van der Waals surface area contributed by atoms with Gasteiger partial charge in [0, 0.05) is 23.7 Å². The molecule has 2 N–H and O–H groups in total. The Bertz CT molecular complexity index is 750. The number of anilines is 2. The second kappa shape index (κ2) is 8.57. The number of ether oxygens (including phenoxy) is 1. The first-order chi connectivity index (χ1) is 11.5. The molecule has 0 saturated heterocycles. The van der Waals surface area contributed by atoms with E-state index in [9.17, 15) is 9.59 Å². The van der Waals surface area contributed by atoms with Crippen LogP contribution in [0, 0.1) is 0 Å². The van der Waals surface area contributed by atoms with Gasteiger partial charge in [0.1, 0.15) is 0 Å². The number of nitrogens with one attached hydrogen (secondary N) is 2. The average Bonchev–Trinajstić information content (AvgIpc) is 2.57. The maximum Gasteiger partial charge on any atom is 0.337 e. The molecule has 0 spiro atoms. The fourth-order valence-electron chi connectivity index (χ4n) is 2.00. The minimum absolute atomic E-state index is 0.198. The third-order valence-electron chi connectivity index (χ3n) is 3.17. The molecule has 0 heterocycles. The Morgan fingerprint density at radius 1 is 1.12 bits per heavy atom. The minimum Gasteiger partial charge on any atom is -0.465 e. The van der Waals surface area contributed by atoms with Crippen LogP contribution in [0.15, 0.2) is 42.5 Å². The van der Waals surface area contributed by atoms with Crippen LogP contribution in [0.25, 0.3) is 0 Å². The lowest BCUT2D eigenvalue weighted by Gasteiger charge is -2.09. The largest absolute Gasteiger partial charge is 0.465 e. The molecule has 0 aliphatic carbocycles. The lowest BCUT2D eigenvalue weighted by Crippen LogP contribution is -2.16. The summed E-state index contributed by atoms with van der Waals surface area (Å²) in [6, 6.07) is 11.7. The molecule has 0 radical (unpaired) electrons. The molecule has 0 fully saturated rings. The molecule has 0 unspecified atom stereocenters. The van der Waals surface area contributed by atoms with Gasteiger partial charge in [-0.15, -0.1) is 0 Å². The number of carbonyl (C=O) groups excluding carboxylic acids is 2. The van der Waals surface area contributed by atoms with Gasteiger partial charge in [-0.25, -0.2) is 4.79 Å². The van der Waals surface area contributed by atoms with Crippen LogP contribution in [0.3, 0.4) is 0 Å². The summed E-state index contributed by atoms with van der Waals surface area (Å²) < 4.78 is 4.67. The number of carbonyl (C=O) groups is 2. The molecule has 7 heteroatoms. The molecule has 0 aliphatic heterocycles. The molecular weight excluding hydrogens is 351 g/mol. The average molecular weight is 367 g/mol. The second-order valence-corrected chi connectivity index (χ2v) is 5.77. The van der Waals surface area contributed by atoms with Crippen LogP contribution in [-0.2, 0) is 9.53 Å². The van der Waals surface area contributed by atoms with E-state index in [1.54, 1.807) is 42.5 Å². The van der Waals surface area contributed by atoms with Crippen molar-refractivity contribution in [3.05, 3.63) is 58.1 Å². The third-order valence-corrected chi connectivity index (χ3v) is 3.73. The van der Waals surface area contributed by atoms with E-state index in [4.69, 9.17) is 23.2 Å². The second-order valence-electron chi connectivity index (χ2n) is 4.92. The number of benzene rings is 2. The van der Waals surface area contributed by atoms with E-state index >= 15 is 0 Å². The number of hydrogen-bond donors (Lipinski definition) is 2. The van der Waals surface area contributed by atoms with E-state index in [-0.39, 0.29) is 12.3 Å². The highest BCUT2D eigenvalue weighted by Crippen LogP contribution is 2.25. The first-order valence-corrected chi connectivity index (χ1v) is 7.92. The summed E-state index contributed by atoms with van der Waals surface area (Å²) in [5.74, 6) is -0.609. The van der Waals surface area contributed by atoms with Gasteiger partial charge >= 0.3 is 5.97 Å². The minimum atomic E-state index is -0.410. The summed E-state index contributed by atoms with van der Waals surface area (Å²) >= 11 is 11.9. The summed E-state index contributed by atoms with van der Waals surface area (Å²) in [6.07, 6.45) is 0.227. The van der Waals surface area contributed by atoms with Gasteiger partial charge in [-0.1, -0.05) is 29.3 Å². The van der Waals surface area contributed by atoms with Crippen molar-refractivity contribution in [3.8, 4) is 0 Å². The van der Waals surface area contributed by atoms with Gasteiger partial charge in [0.2, 0.25) is 5.91 Å². The van der Waals surface area contributed by atoms with Gasteiger partial charge in [-0.2, -0.15) is 0 Å². The summed E-state index contributed by atoms with van der Waals surface area (Å²) in [4.78, 5) is 23.4. The molecule has 2 rings (SSSR count). The van der Waals surface area contributed by atoms with Gasteiger partial charge in [-0.3, -0.25) is 4.79 Å². The zero-order valence-electron chi connectivity index (χ0n) is 12.9. The predicted octanol–water partition coefficient (Wildman–Crippen LogP) is 4.22. The van der Waals surface area contributed by atoms with E-state index in [1.165, 1.54) is 7.11 Å². The van der Waals surface area contributed by atoms with Crippen LogP contribution in [0.1, 0.15) is 16.8 Å². The Balaban J connectivity index is 1.86. The number of halogens is 2. The maximum absolute atomic E-state index is 12.0. The Morgan fingerprint density at radius 2 is 1.92 bits per heavy atom. The predicted molar refractivity (Wildman–Crippen MR) is 96.0 cm³/mol. The molecule has 1 amide bonds. The zero-order chi connectivity index (χ0) is 17.5. The Labute approximate surface area is 149 Å². The van der Waals surface area contributed by atoms with Gasteiger partial charge in [0.15, 0.2) is 0 Å². The summed E-state index contributed by atoms with van der Waals surface area (Å²) in [6.45, 7) is 0.397. The number of esters is 1. The highest BCUT2D eigenvalue weighted by molar-refractivity contribution is 6.35. The fraction of sp³-hybridized carbons (Fsp3) is 0.176. The monoisotopic (exact) mass is 366 g/mol. The summed E-state index contributed by atoms with van der Waals surface area (Å²) in [5, 5.41) is 6.70. The number of hydrogen-bond acceptors (Lipinski definition) is 4. The quantitative estimate of drug-likeness (QED) is 0.751. The molecule has 2 aromatic rings. The van der Waals surface area contributed by atoms with E-state index in [0.29, 0.717) is 27.8 Å². The van der Waals surface area contributed by atoms with E-state index in [0.717, 1.165) is 5.69 Å². The molecule has 5 nitrogen and oxygen atoms in total. The number of amides is 1. The Kier molecular flexibility index (Phi) is 6.46. The fourth-order valence-corrected chi connectivity index (χ4v) is 2.34. The molecule has 24 heavy (non-hydrogen) atoms. The topological polar surface area (TPSA) is 67.4 Å². The van der Waals surface area contributed by atoms with Crippen LogP contribution in [0.5, 0.6) is 0 Å². The molecular formula is C17H16Cl2N2O3. The molecule has 0 aliphatic rings. The van der Waals surface area contributed by atoms with Crippen molar-refractivity contribution in [3.63, 3.8) is 0 Å². The third kappa shape index (κ3) is 5.15. The molecule has 0 bridgehead atoms. The maximum atomic E-state index is 12.0. The standard InChI is InChI=1S/C17H16Cl2N2O3/c1-24-17(23)11-3-2-4-13(9-11)20-8-7-16(22)21-15-10-12(18)5-6-14(15)19/h2-6,9-10,20H,7-8H2,1H3,(H,21,22). The number of rotatable bonds is 6. The zero-order valence-corrected chi connectivity index (χ0v) is 14.4. The first-order valence-electron chi connectivity index (χ1n) is 7.17. The van der Waals surface area contributed by atoms with Crippen molar-refractivity contribution in [1.29, 1.82) is 0 Å². The van der Waals surface area contributed by atoms with Crippen LogP contribution >= 0.6 is 23.2 Å². The van der Waals surface area contributed by atoms with Crippen molar-refractivity contribution in [2.45, 2.75) is 6.42 Å². The Hall–Kier alpha value is -2.24. The van der Waals surface area contributed by atoms with Gasteiger partial charge in [-0.05, 0) is 36.4 Å². The molecule has 0 aromatic heterocycles. The van der Waals surface area contributed by atoms with Crippen LogP contribution < -0.4 is 10.6 Å². The van der Waals surface area contributed by atoms with Crippen molar-refractivity contribution < 1.29 is 14.3 Å². The highest BCUT2D eigenvalue weighted by Gasteiger charge is 2.08. The van der Waals surface area contributed by atoms with Crippen molar-refractivity contribution >= 4 is 46.5 Å². The highest BCUT2D eigenvalue weighted by atomic mass is 35.5. The van der Waals surface area contributed by atoms with Crippen LogP contribution in [-0.4, -0.2) is 25.5 Å². The Morgan fingerprint density at radius 3 is 2.67 bits per heavy atom. The van der Waals surface area contributed by atoms with Crippen molar-refractivity contribution in [2.75, 3.05) is 24.3 Å². The van der Waals surface area contributed by atoms with E-state index in [2.05, 4.69) is 15.4 Å². The van der Waals surface area contributed by atoms with E-state index in [1.807, 2.05) is 0 Å². The van der Waals surface area contributed by atoms with Crippen molar-refractivity contribution in [2.24, 2.45) is 0 Å². The molecule has 2 aromatic carbocycles. The molecule has 126 valence electrons.